The molecule has 3 rings (SSSR count). The lowest BCUT2D eigenvalue weighted by Crippen LogP contribution is -2.40. The number of carbonyl (C=O) groups is 2. The average Bonchev–Trinajstić information content (AvgIpc) is 2.75. The lowest BCUT2D eigenvalue weighted by atomic mass is 10.1. The van der Waals surface area contributed by atoms with Crippen LogP contribution in [0.4, 0.5) is 5.69 Å². The molecular formula is C20H22N2O6S. The average molecular weight is 418 g/mol. The number of hydrogen-bond donors (Lipinski definition) is 1. The zero-order valence-corrected chi connectivity index (χ0v) is 17.0. The molecule has 0 bridgehead atoms. The predicted octanol–water partition coefficient (Wildman–Crippen LogP) is 2.05. The van der Waals surface area contributed by atoms with Gasteiger partial charge in [0.1, 0.15) is 0 Å². The van der Waals surface area contributed by atoms with Gasteiger partial charge in [-0.1, -0.05) is 17.7 Å². The molecule has 0 saturated carbocycles. The summed E-state index contributed by atoms with van der Waals surface area (Å²) in [5, 5.41) is 2.66. The minimum atomic E-state index is -3.72. The van der Waals surface area contributed by atoms with E-state index in [1.807, 2.05) is 6.92 Å². The van der Waals surface area contributed by atoms with Crippen LogP contribution in [-0.2, 0) is 19.5 Å². The molecule has 2 aromatic carbocycles. The Morgan fingerprint density at radius 2 is 1.83 bits per heavy atom. The van der Waals surface area contributed by atoms with Crippen LogP contribution < -0.4 is 5.32 Å². The number of hydrogen-bond acceptors (Lipinski definition) is 6. The predicted molar refractivity (Wildman–Crippen MR) is 106 cm³/mol. The van der Waals surface area contributed by atoms with E-state index in [1.165, 1.54) is 35.7 Å². The Labute approximate surface area is 169 Å². The van der Waals surface area contributed by atoms with Crippen molar-refractivity contribution in [2.75, 3.05) is 38.7 Å². The number of nitrogens with one attached hydrogen (secondary N) is 1. The van der Waals surface area contributed by atoms with Crippen molar-refractivity contribution in [3.8, 4) is 0 Å². The third kappa shape index (κ3) is 4.64. The Morgan fingerprint density at radius 1 is 1.10 bits per heavy atom. The molecule has 1 aliphatic rings. The molecule has 1 saturated heterocycles. The van der Waals surface area contributed by atoms with Gasteiger partial charge in [0.2, 0.25) is 10.0 Å². The van der Waals surface area contributed by atoms with E-state index in [-0.39, 0.29) is 34.8 Å². The van der Waals surface area contributed by atoms with E-state index < -0.39 is 21.9 Å². The SMILES string of the molecule is COC(=O)c1cc(C)ccc1NC(=O)c1cccc(S(=O)(=O)N2CCOCC2)c1. The molecule has 0 aliphatic carbocycles. The van der Waals surface area contributed by atoms with Gasteiger partial charge in [0.05, 0.1) is 36.5 Å². The second kappa shape index (κ2) is 8.73. The summed E-state index contributed by atoms with van der Waals surface area (Å²) in [5.41, 5.74) is 1.50. The summed E-state index contributed by atoms with van der Waals surface area (Å²) in [6.45, 7) is 3.03. The Kier molecular flexibility index (Phi) is 6.31. The standard InChI is InChI=1S/C20H22N2O6S/c1-14-6-7-18(17(12-14)20(24)27-2)21-19(23)15-4-3-5-16(13-15)29(25,26)22-8-10-28-11-9-22/h3-7,12-13H,8-11H2,1-2H3,(H,21,23). The highest BCUT2D eigenvalue weighted by Gasteiger charge is 2.27. The molecule has 0 spiro atoms. The van der Waals surface area contributed by atoms with Gasteiger partial charge in [0, 0.05) is 18.7 Å². The molecule has 1 aliphatic heterocycles. The number of aryl methyl sites for hydroxylation is 1. The van der Waals surface area contributed by atoms with Crippen LogP contribution in [0.5, 0.6) is 0 Å². The lowest BCUT2D eigenvalue weighted by Gasteiger charge is -2.26. The van der Waals surface area contributed by atoms with Gasteiger partial charge in [-0.05, 0) is 37.3 Å². The van der Waals surface area contributed by atoms with Crippen LogP contribution in [0.25, 0.3) is 0 Å². The van der Waals surface area contributed by atoms with Crippen LogP contribution in [0.3, 0.4) is 0 Å². The molecule has 29 heavy (non-hydrogen) atoms. The van der Waals surface area contributed by atoms with Crippen molar-refractivity contribution in [2.45, 2.75) is 11.8 Å². The summed E-state index contributed by atoms with van der Waals surface area (Å²) < 4.78 is 36.9. The number of ether oxygens (including phenoxy) is 2. The molecule has 154 valence electrons. The van der Waals surface area contributed by atoms with Crippen molar-refractivity contribution in [1.82, 2.24) is 4.31 Å². The normalized spacial score (nSPS) is 15.0. The highest BCUT2D eigenvalue weighted by molar-refractivity contribution is 7.89. The number of methoxy groups -OCH3 is 1. The van der Waals surface area contributed by atoms with Crippen molar-refractivity contribution in [3.63, 3.8) is 0 Å². The van der Waals surface area contributed by atoms with Gasteiger partial charge in [-0.15, -0.1) is 0 Å². The third-order valence-electron chi connectivity index (χ3n) is 4.53. The summed E-state index contributed by atoms with van der Waals surface area (Å²) >= 11 is 0. The fourth-order valence-electron chi connectivity index (χ4n) is 2.97. The fraction of sp³-hybridized carbons (Fsp3) is 0.300. The molecule has 1 fully saturated rings. The topological polar surface area (TPSA) is 102 Å². The van der Waals surface area contributed by atoms with Crippen LogP contribution in [0.1, 0.15) is 26.3 Å². The zero-order valence-electron chi connectivity index (χ0n) is 16.2. The molecule has 0 atom stereocenters. The molecule has 1 N–H and O–H groups in total. The number of rotatable bonds is 5. The van der Waals surface area contributed by atoms with Crippen LogP contribution in [0.2, 0.25) is 0 Å². The third-order valence-corrected chi connectivity index (χ3v) is 6.43. The molecular weight excluding hydrogens is 396 g/mol. The molecule has 1 amide bonds. The summed E-state index contributed by atoms with van der Waals surface area (Å²) in [4.78, 5) is 24.8. The molecule has 9 heteroatoms. The molecule has 0 unspecified atom stereocenters. The van der Waals surface area contributed by atoms with E-state index in [0.717, 1.165) is 5.56 Å². The smallest absolute Gasteiger partial charge is 0.339 e. The Bertz CT molecular complexity index is 1030. The Balaban J connectivity index is 1.86. The van der Waals surface area contributed by atoms with E-state index in [9.17, 15) is 18.0 Å². The number of nitrogens with zero attached hydrogens (tertiary/aromatic N) is 1. The summed E-state index contributed by atoms with van der Waals surface area (Å²) in [7, 11) is -2.46. The Morgan fingerprint density at radius 3 is 2.52 bits per heavy atom. The minimum Gasteiger partial charge on any atom is -0.465 e. The van der Waals surface area contributed by atoms with Crippen molar-refractivity contribution in [2.24, 2.45) is 0 Å². The van der Waals surface area contributed by atoms with Gasteiger partial charge in [-0.25, -0.2) is 13.2 Å². The van der Waals surface area contributed by atoms with Crippen LogP contribution in [0, 0.1) is 6.92 Å². The van der Waals surface area contributed by atoms with Gasteiger partial charge < -0.3 is 14.8 Å². The Hall–Kier alpha value is -2.75. The number of amides is 1. The number of sulfonamides is 1. The maximum absolute atomic E-state index is 12.8. The zero-order chi connectivity index (χ0) is 21.0. The quantitative estimate of drug-likeness (QED) is 0.746. The van der Waals surface area contributed by atoms with Gasteiger partial charge in [-0.2, -0.15) is 4.31 Å². The maximum Gasteiger partial charge on any atom is 0.339 e. The number of carbonyl (C=O) groups excluding carboxylic acids is 2. The van der Waals surface area contributed by atoms with Crippen LogP contribution in [0.15, 0.2) is 47.4 Å². The number of benzene rings is 2. The molecule has 2 aromatic rings. The number of esters is 1. The second-order valence-corrected chi connectivity index (χ2v) is 8.48. The number of morpholine rings is 1. The lowest BCUT2D eigenvalue weighted by molar-refractivity contribution is 0.0602. The van der Waals surface area contributed by atoms with E-state index in [4.69, 9.17) is 9.47 Å². The minimum absolute atomic E-state index is 0.0316. The molecule has 0 aromatic heterocycles. The van der Waals surface area contributed by atoms with E-state index >= 15 is 0 Å². The molecule has 1 heterocycles. The van der Waals surface area contributed by atoms with Crippen LogP contribution in [-0.4, -0.2) is 58.0 Å². The summed E-state index contributed by atoms with van der Waals surface area (Å²) in [6.07, 6.45) is 0. The van der Waals surface area contributed by atoms with Crippen molar-refractivity contribution < 1.29 is 27.5 Å². The summed E-state index contributed by atoms with van der Waals surface area (Å²) in [6, 6.07) is 10.8. The van der Waals surface area contributed by atoms with Crippen molar-refractivity contribution in [3.05, 3.63) is 59.2 Å². The van der Waals surface area contributed by atoms with E-state index in [2.05, 4.69) is 5.32 Å². The van der Waals surface area contributed by atoms with Crippen LogP contribution >= 0.6 is 0 Å². The first-order valence-electron chi connectivity index (χ1n) is 9.01. The van der Waals surface area contributed by atoms with E-state index in [1.54, 1.807) is 18.2 Å². The number of anilines is 1. The fourth-order valence-corrected chi connectivity index (χ4v) is 4.43. The second-order valence-electron chi connectivity index (χ2n) is 6.54. The van der Waals surface area contributed by atoms with Crippen molar-refractivity contribution >= 4 is 27.6 Å². The van der Waals surface area contributed by atoms with Crippen molar-refractivity contribution in [1.29, 1.82) is 0 Å². The van der Waals surface area contributed by atoms with E-state index in [0.29, 0.717) is 13.2 Å². The first-order valence-corrected chi connectivity index (χ1v) is 10.4. The van der Waals surface area contributed by atoms with Gasteiger partial charge in [0.15, 0.2) is 0 Å². The largest absolute Gasteiger partial charge is 0.465 e. The maximum atomic E-state index is 12.8. The van der Waals surface area contributed by atoms with Gasteiger partial charge in [0.25, 0.3) is 5.91 Å². The highest BCUT2D eigenvalue weighted by Crippen LogP contribution is 2.22. The molecule has 8 nitrogen and oxygen atoms in total. The first kappa shape index (κ1) is 21.0. The van der Waals surface area contributed by atoms with Gasteiger partial charge >= 0.3 is 5.97 Å². The monoisotopic (exact) mass is 418 g/mol. The highest BCUT2D eigenvalue weighted by atomic mass is 32.2. The first-order chi connectivity index (χ1) is 13.8. The van der Waals surface area contributed by atoms with Gasteiger partial charge in [-0.3, -0.25) is 4.79 Å². The summed E-state index contributed by atoms with van der Waals surface area (Å²) in [5.74, 6) is -1.11. The molecule has 0 radical (unpaired) electrons.